The minimum Gasteiger partial charge on any atom is -0.379 e. The van der Waals surface area contributed by atoms with Crippen molar-refractivity contribution in [2.24, 2.45) is 10.9 Å². The van der Waals surface area contributed by atoms with Gasteiger partial charge in [-0.3, -0.25) is 4.90 Å². The zero-order valence-electron chi connectivity index (χ0n) is 19.3. The van der Waals surface area contributed by atoms with Crippen molar-refractivity contribution in [1.82, 2.24) is 25.1 Å². The van der Waals surface area contributed by atoms with Gasteiger partial charge < -0.3 is 19.9 Å². The summed E-state index contributed by atoms with van der Waals surface area (Å²) in [5, 5.41) is 6.80. The molecule has 1 aliphatic rings. The van der Waals surface area contributed by atoms with Crippen LogP contribution in [-0.4, -0.2) is 59.8 Å². The van der Waals surface area contributed by atoms with Crippen molar-refractivity contribution in [3.8, 4) is 0 Å². The number of aliphatic imine (C=N–C) groups is 1. The highest BCUT2D eigenvalue weighted by atomic mass is 127. The molecule has 2 heterocycles. The van der Waals surface area contributed by atoms with Crippen molar-refractivity contribution in [3.05, 3.63) is 53.9 Å². The van der Waals surface area contributed by atoms with Crippen LogP contribution in [0.15, 0.2) is 41.7 Å². The summed E-state index contributed by atoms with van der Waals surface area (Å²) in [5.74, 6) is 2.04. The number of guanidine groups is 1. The van der Waals surface area contributed by atoms with Crippen LogP contribution < -0.4 is 10.6 Å². The molecule has 1 atom stereocenters. The lowest BCUT2D eigenvalue weighted by Gasteiger charge is -2.35. The molecule has 0 saturated carbocycles. The molecule has 178 valence electrons. The molecule has 0 spiro atoms. The van der Waals surface area contributed by atoms with Crippen molar-refractivity contribution in [2.75, 3.05) is 39.4 Å². The Morgan fingerprint density at radius 3 is 2.56 bits per heavy atom. The molecule has 1 aliphatic heterocycles. The van der Waals surface area contributed by atoms with Gasteiger partial charge in [-0.05, 0) is 30.5 Å². The first-order chi connectivity index (χ1) is 15.1. The van der Waals surface area contributed by atoms with Crippen molar-refractivity contribution in [3.63, 3.8) is 0 Å². The van der Waals surface area contributed by atoms with Gasteiger partial charge in [0, 0.05) is 45.1 Å². The highest BCUT2D eigenvalue weighted by Crippen LogP contribution is 2.21. The highest BCUT2D eigenvalue weighted by molar-refractivity contribution is 14.0. The van der Waals surface area contributed by atoms with E-state index in [2.05, 4.69) is 45.9 Å². The quantitative estimate of drug-likeness (QED) is 0.281. The highest BCUT2D eigenvalue weighted by Gasteiger charge is 2.23. The maximum atomic E-state index is 13.5. The van der Waals surface area contributed by atoms with Gasteiger partial charge in [0.05, 0.1) is 19.3 Å². The minimum absolute atomic E-state index is 0. The summed E-state index contributed by atoms with van der Waals surface area (Å²) < 4.78 is 21.1. The van der Waals surface area contributed by atoms with E-state index >= 15 is 0 Å². The number of rotatable bonds is 9. The molecule has 1 aromatic heterocycles. The van der Waals surface area contributed by atoms with E-state index in [0.29, 0.717) is 32.2 Å². The summed E-state index contributed by atoms with van der Waals surface area (Å²) in [5.41, 5.74) is 1.08. The summed E-state index contributed by atoms with van der Waals surface area (Å²) in [7, 11) is 0. The Kier molecular flexibility index (Phi) is 11.4. The van der Waals surface area contributed by atoms with Gasteiger partial charge in [-0.25, -0.2) is 14.4 Å². The average molecular weight is 558 g/mol. The third-order valence-corrected chi connectivity index (χ3v) is 5.29. The first kappa shape index (κ1) is 26.5. The maximum absolute atomic E-state index is 13.5. The lowest BCUT2D eigenvalue weighted by Crippen LogP contribution is -2.46. The Morgan fingerprint density at radius 1 is 1.19 bits per heavy atom. The Bertz CT molecular complexity index is 820. The molecule has 1 aromatic carbocycles. The van der Waals surface area contributed by atoms with Crippen LogP contribution in [0.4, 0.5) is 4.39 Å². The molecule has 0 bridgehead atoms. The number of morpholine rings is 1. The molecule has 1 saturated heterocycles. The zero-order chi connectivity index (χ0) is 22.1. The van der Waals surface area contributed by atoms with Crippen molar-refractivity contribution < 1.29 is 9.13 Å². The first-order valence-corrected chi connectivity index (χ1v) is 11.2. The molecule has 0 aliphatic carbocycles. The van der Waals surface area contributed by atoms with Crippen LogP contribution in [0.5, 0.6) is 0 Å². The number of aromatic nitrogens is 2. The molecule has 32 heavy (non-hydrogen) atoms. The van der Waals surface area contributed by atoms with Crippen LogP contribution in [0.3, 0.4) is 0 Å². The fraction of sp³-hybridized carbons (Fsp3) is 0.565. The summed E-state index contributed by atoms with van der Waals surface area (Å²) in [4.78, 5) is 11.6. The summed E-state index contributed by atoms with van der Waals surface area (Å²) in [6.45, 7) is 12.4. The van der Waals surface area contributed by atoms with Gasteiger partial charge in [0.1, 0.15) is 18.2 Å². The fourth-order valence-corrected chi connectivity index (χ4v) is 3.77. The maximum Gasteiger partial charge on any atom is 0.191 e. The smallest absolute Gasteiger partial charge is 0.191 e. The predicted molar refractivity (Wildman–Crippen MR) is 137 cm³/mol. The van der Waals surface area contributed by atoms with E-state index in [1.54, 1.807) is 0 Å². The summed E-state index contributed by atoms with van der Waals surface area (Å²) in [6, 6.07) is 6.89. The van der Waals surface area contributed by atoms with Gasteiger partial charge in [-0.2, -0.15) is 0 Å². The van der Waals surface area contributed by atoms with Gasteiger partial charge >= 0.3 is 0 Å². The fourth-order valence-electron chi connectivity index (χ4n) is 3.77. The Hall–Kier alpha value is -1.72. The van der Waals surface area contributed by atoms with Crippen LogP contribution in [0.25, 0.3) is 0 Å². The van der Waals surface area contributed by atoms with Crippen LogP contribution >= 0.6 is 24.0 Å². The molecule has 1 unspecified atom stereocenters. The van der Waals surface area contributed by atoms with Crippen LogP contribution in [0, 0.1) is 11.7 Å². The van der Waals surface area contributed by atoms with E-state index in [1.165, 1.54) is 12.1 Å². The van der Waals surface area contributed by atoms with E-state index in [9.17, 15) is 4.39 Å². The largest absolute Gasteiger partial charge is 0.379 e. The second-order valence-electron chi connectivity index (χ2n) is 8.18. The van der Waals surface area contributed by atoms with Gasteiger partial charge in [-0.15, -0.1) is 24.0 Å². The van der Waals surface area contributed by atoms with Gasteiger partial charge in [-0.1, -0.05) is 26.0 Å². The number of hydrogen-bond donors (Lipinski definition) is 2. The molecular formula is C23H36FIN6O. The van der Waals surface area contributed by atoms with E-state index in [1.807, 2.05) is 24.5 Å². The topological polar surface area (TPSA) is 66.7 Å². The van der Waals surface area contributed by atoms with E-state index in [0.717, 1.165) is 43.5 Å². The number of nitrogens with zero attached hydrogens (tertiary/aromatic N) is 4. The first-order valence-electron chi connectivity index (χ1n) is 11.2. The molecule has 7 nitrogen and oxygen atoms in total. The van der Waals surface area contributed by atoms with Crippen LogP contribution in [0.2, 0.25) is 0 Å². The van der Waals surface area contributed by atoms with Crippen molar-refractivity contribution >= 4 is 29.9 Å². The number of halogens is 2. The second kappa shape index (κ2) is 13.7. The number of ether oxygens (including phenoxy) is 1. The molecule has 0 radical (unpaired) electrons. The van der Waals surface area contributed by atoms with Crippen LogP contribution in [-0.2, 0) is 17.8 Å². The monoisotopic (exact) mass is 558 g/mol. The molecular weight excluding hydrogens is 522 g/mol. The van der Waals surface area contributed by atoms with E-state index < -0.39 is 0 Å². The molecule has 0 amide bonds. The van der Waals surface area contributed by atoms with Crippen molar-refractivity contribution in [2.45, 2.75) is 39.9 Å². The normalized spacial score (nSPS) is 16.0. The standard InChI is InChI=1S/C23H35FN6O.HI/c1-4-25-23(28-16-22-26-9-10-30(22)17-18(2)3)27-15-21(29-11-13-31-14-12-29)19-5-7-20(24)8-6-19;/h5-10,18,21H,4,11-17H2,1-3H3,(H2,25,27,28);1H. The third-order valence-electron chi connectivity index (χ3n) is 5.29. The average Bonchev–Trinajstić information content (AvgIpc) is 3.20. The van der Waals surface area contributed by atoms with Crippen LogP contribution in [0.1, 0.15) is 38.2 Å². The predicted octanol–water partition coefficient (Wildman–Crippen LogP) is 3.42. The Balaban J connectivity index is 0.00000363. The third kappa shape index (κ3) is 8.00. The summed E-state index contributed by atoms with van der Waals surface area (Å²) >= 11 is 0. The Morgan fingerprint density at radius 2 is 1.91 bits per heavy atom. The molecule has 2 N–H and O–H groups in total. The number of benzene rings is 1. The molecule has 3 rings (SSSR count). The van der Waals surface area contributed by atoms with Gasteiger partial charge in [0.25, 0.3) is 0 Å². The van der Waals surface area contributed by atoms with E-state index in [-0.39, 0.29) is 35.8 Å². The summed E-state index contributed by atoms with van der Waals surface area (Å²) in [6.07, 6.45) is 3.84. The number of imidazole rings is 1. The number of hydrogen-bond acceptors (Lipinski definition) is 4. The SMILES string of the molecule is CCNC(=NCc1nccn1CC(C)C)NCC(c1ccc(F)cc1)N1CCOCC1.I. The number of nitrogens with one attached hydrogen (secondary N) is 2. The lowest BCUT2D eigenvalue weighted by molar-refractivity contribution is 0.0170. The van der Waals surface area contributed by atoms with Crippen molar-refractivity contribution in [1.29, 1.82) is 0 Å². The molecule has 9 heteroatoms. The van der Waals surface area contributed by atoms with Gasteiger partial charge in [0.2, 0.25) is 0 Å². The molecule has 2 aromatic rings. The Labute approximate surface area is 207 Å². The molecule has 1 fully saturated rings. The second-order valence-corrected chi connectivity index (χ2v) is 8.18. The zero-order valence-corrected chi connectivity index (χ0v) is 21.6. The van der Waals surface area contributed by atoms with Gasteiger partial charge in [0.15, 0.2) is 5.96 Å². The van der Waals surface area contributed by atoms with E-state index in [4.69, 9.17) is 9.73 Å². The lowest BCUT2D eigenvalue weighted by atomic mass is 10.0. The minimum atomic E-state index is -0.218.